The highest BCUT2D eigenvalue weighted by atomic mass is 16.5. The number of methoxy groups -OCH3 is 1. The smallest absolute Gasteiger partial charge is 0.303 e. The molecule has 0 saturated heterocycles. The summed E-state index contributed by atoms with van der Waals surface area (Å²) in [5, 5.41) is 9.08. The molecular formula is C22H21NO3. The van der Waals surface area contributed by atoms with Crippen molar-refractivity contribution in [3.05, 3.63) is 72.1 Å². The summed E-state index contributed by atoms with van der Waals surface area (Å²) in [6, 6.07) is 16.1. The summed E-state index contributed by atoms with van der Waals surface area (Å²) in [6.45, 7) is 1.98. The van der Waals surface area contributed by atoms with Gasteiger partial charge in [0.25, 0.3) is 0 Å². The molecule has 3 aromatic rings. The lowest BCUT2D eigenvalue weighted by molar-refractivity contribution is -0.136. The third kappa shape index (κ3) is 3.75. The van der Waals surface area contributed by atoms with Gasteiger partial charge in [0, 0.05) is 18.8 Å². The van der Waals surface area contributed by atoms with Gasteiger partial charge in [-0.2, -0.15) is 0 Å². The van der Waals surface area contributed by atoms with Crippen molar-refractivity contribution >= 4 is 5.97 Å². The van der Waals surface area contributed by atoms with Crippen LogP contribution in [0.4, 0.5) is 0 Å². The molecule has 0 aliphatic carbocycles. The van der Waals surface area contributed by atoms with Crippen LogP contribution < -0.4 is 4.74 Å². The molecule has 0 aliphatic heterocycles. The van der Waals surface area contributed by atoms with E-state index in [2.05, 4.69) is 29.2 Å². The van der Waals surface area contributed by atoms with Crippen LogP contribution >= 0.6 is 0 Å². The molecule has 1 aromatic heterocycles. The second-order valence-electron chi connectivity index (χ2n) is 6.13. The molecule has 0 radical (unpaired) electrons. The number of carbonyl (C=O) groups is 1. The monoisotopic (exact) mass is 347 g/mol. The first-order valence-electron chi connectivity index (χ1n) is 8.49. The Hall–Kier alpha value is -3.14. The number of ether oxygens (including phenoxy) is 1. The molecular weight excluding hydrogens is 326 g/mol. The number of pyridine rings is 1. The maximum Gasteiger partial charge on any atom is 0.303 e. The molecule has 3 rings (SSSR count). The van der Waals surface area contributed by atoms with Crippen molar-refractivity contribution in [2.24, 2.45) is 0 Å². The van der Waals surface area contributed by atoms with Gasteiger partial charge in [0.05, 0.1) is 7.11 Å². The maximum absolute atomic E-state index is 11.1. The average molecular weight is 347 g/mol. The standard InChI is InChI=1S/C22H21NO3/c1-15-19(10-12-22(24)25)20(9-11-21(15)26-2)17-7-5-16(6-8-17)18-4-3-13-23-14-18/h3-9,11,13-14H,10,12H2,1-2H3,(H,24,25). The van der Waals surface area contributed by atoms with Crippen molar-refractivity contribution in [1.82, 2.24) is 4.98 Å². The molecule has 132 valence electrons. The van der Waals surface area contributed by atoms with E-state index in [0.29, 0.717) is 6.42 Å². The second-order valence-corrected chi connectivity index (χ2v) is 6.13. The minimum absolute atomic E-state index is 0.0920. The van der Waals surface area contributed by atoms with Crippen LogP contribution in [0.1, 0.15) is 17.5 Å². The van der Waals surface area contributed by atoms with Crippen LogP contribution in [0.2, 0.25) is 0 Å². The van der Waals surface area contributed by atoms with Gasteiger partial charge in [-0.25, -0.2) is 0 Å². The van der Waals surface area contributed by atoms with Gasteiger partial charge in [-0.3, -0.25) is 9.78 Å². The Morgan fingerprint density at radius 1 is 1.04 bits per heavy atom. The zero-order valence-electron chi connectivity index (χ0n) is 14.9. The Morgan fingerprint density at radius 2 is 1.77 bits per heavy atom. The van der Waals surface area contributed by atoms with Crippen molar-refractivity contribution in [3.8, 4) is 28.0 Å². The summed E-state index contributed by atoms with van der Waals surface area (Å²) in [5.41, 5.74) is 6.27. The Bertz CT molecular complexity index is 903. The summed E-state index contributed by atoms with van der Waals surface area (Å²) < 4.78 is 5.41. The number of rotatable bonds is 6. The number of benzene rings is 2. The number of carboxylic acids is 1. The maximum atomic E-state index is 11.1. The topological polar surface area (TPSA) is 59.4 Å². The molecule has 26 heavy (non-hydrogen) atoms. The first kappa shape index (κ1) is 17.7. The Morgan fingerprint density at radius 3 is 2.38 bits per heavy atom. The van der Waals surface area contributed by atoms with Crippen LogP contribution in [0.25, 0.3) is 22.3 Å². The lowest BCUT2D eigenvalue weighted by Crippen LogP contribution is -2.02. The summed E-state index contributed by atoms with van der Waals surface area (Å²) in [6.07, 6.45) is 4.16. The molecule has 4 nitrogen and oxygen atoms in total. The van der Waals surface area contributed by atoms with Crippen LogP contribution in [-0.2, 0) is 11.2 Å². The van der Waals surface area contributed by atoms with Crippen LogP contribution in [0.5, 0.6) is 5.75 Å². The van der Waals surface area contributed by atoms with Gasteiger partial charge < -0.3 is 9.84 Å². The molecule has 0 atom stereocenters. The lowest BCUT2D eigenvalue weighted by Gasteiger charge is -2.16. The quantitative estimate of drug-likeness (QED) is 0.699. The van der Waals surface area contributed by atoms with E-state index in [1.54, 1.807) is 13.3 Å². The summed E-state index contributed by atoms with van der Waals surface area (Å²) in [5.74, 6) is -0.0220. The predicted molar refractivity (Wildman–Crippen MR) is 102 cm³/mol. The molecule has 0 spiro atoms. The number of carboxylic acid groups (broad SMARTS) is 1. The molecule has 0 bridgehead atoms. The number of aromatic nitrogens is 1. The molecule has 4 heteroatoms. The van der Waals surface area contributed by atoms with E-state index in [4.69, 9.17) is 9.84 Å². The van der Waals surface area contributed by atoms with Crippen molar-refractivity contribution in [1.29, 1.82) is 0 Å². The molecule has 0 fully saturated rings. The minimum atomic E-state index is -0.801. The molecule has 1 N–H and O–H groups in total. The van der Waals surface area contributed by atoms with Crippen LogP contribution in [-0.4, -0.2) is 23.2 Å². The highest BCUT2D eigenvalue weighted by molar-refractivity contribution is 5.75. The number of hydrogen-bond donors (Lipinski definition) is 1. The van der Waals surface area contributed by atoms with Crippen LogP contribution in [0, 0.1) is 6.92 Å². The molecule has 1 heterocycles. The van der Waals surface area contributed by atoms with Gasteiger partial charge in [-0.05, 0) is 58.9 Å². The van der Waals surface area contributed by atoms with E-state index in [9.17, 15) is 4.79 Å². The predicted octanol–water partition coefficient (Wildman–Crippen LogP) is 4.75. The first-order valence-corrected chi connectivity index (χ1v) is 8.49. The van der Waals surface area contributed by atoms with Gasteiger partial charge >= 0.3 is 5.97 Å². The van der Waals surface area contributed by atoms with E-state index in [1.165, 1.54) is 0 Å². The lowest BCUT2D eigenvalue weighted by atomic mass is 9.91. The molecule has 0 unspecified atom stereocenters. The SMILES string of the molecule is COc1ccc(-c2ccc(-c3cccnc3)cc2)c(CCC(=O)O)c1C. The Labute approximate surface area is 153 Å². The van der Waals surface area contributed by atoms with Gasteiger partial charge in [-0.15, -0.1) is 0 Å². The van der Waals surface area contributed by atoms with E-state index in [0.717, 1.165) is 39.1 Å². The summed E-state index contributed by atoms with van der Waals surface area (Å²) >= 11 is 0. The van der Waals surface area contributed by atoms with E-state index < -0.39 is 5.97 Å². The average Bonchev–Trinajstić information content (AvgIpc) is 2.67. The third-order valence-corrected chi connectivity index (χ3v) is 4.55. The first-order chi connectivity index (χ1) is 12.6. The molecule has 0 saturated carbocycles. The normalized spacial score (nSPS) is 10.5. The summed E-state index contributed by atoms with van der Waals surface area (Å²) in [7, 11) is 1.63. The fourth-order valence-electron chi connectivity index (χ4n) is 3.16. The van der Waals surface area contributed by atoms with Crippen molar-refractivity contribution < 1.29 is 14.6 Å². The van der Waals surface area contributed by atoms with E-state index >= 15 is 0 Å². The summed E-state index contributed by atoms with van der Waals surface area (Å²) in [4.78, 5) is 15.2. The van der Waals surface area contributed by atoms with Gasteiger partial charge in [0.15, 0.2) is 0 Å². The third-order valence-electron chi connectivity index (χ3n) is 4.55. The van der Waals surface area contributed by atoms with E-state index in [-0.39, 0.29) is 6.42 Å². The minimum Gasteiger partial charge on any atom is -0.496 e. The van der Waals surface area contributed by atoms with Gasteiger partial charge in [0.1, 0.15) is 5.75 Å². The molecule has 0 amide bonds. The molecule has 2 aromatic carbocycles. The van der Waals surface area contributed by atoms with Gasteiger partial charge in [0.2, 0.25) is 0 Å². The molecule has 0 aliphatic rings. The zero-order valence-corrected chi connectivity index (χ0v) is 14.9. The number of hydrogen-bond acceptors (Lipinski definition) is 3. The highest BCUT2D eigenvalue weighted by Gasteiger charge is 2.13. The van der Waals surface area contributed by atoms with Crippen LogP contribution in [0.3, 0.4) is 0 Å². The largest absolute Gasteiger partial charge is 0.496 e. The number of aliphatic carboxylic acids is 1. The fourth-order valence-corrected chi connectivity index (χ4v) is 3.16. The second kappa shape index (κ2) is 7.83. The van der Waals surface area contributed by atoms with Gasteiger partial charge in [-0.1, -0.05) is 36.4 Å². The van der Waals surface area contributed by atoms with Crippen molar-refractivity contribution in [3.63, 3.8) is 0 Å². The van der Waals surface area contributed by atoms with Crippen molar-refractivity contribution in [2.75, 3.05) is 7.11 Å². The fraction of sp³-hybridized carbons (Fsp3) is 0.182. The Kier molecular flexibility index (Phi) is 5.32. The van der Waals surface area contributed by atoms with Crippen molar-refractivity contribution in [2.45, 2.75) is 19.8 Å². The Balaban J connectivity index is 2.00. The zero-order chi connectivity index (χ0) is 18.5. The number of nitrogens with zero attached hydrogens (tertiary/aromatic N) is 1. The highest BCUT2D eigenvalue weighted by Crippen LogP contribution is 2.33. The van der Waals surface area contributed by atoms with E-state index in [1.807, 2.05) is 37.4 Å². The van der Waals surface area contributed by atoms with Crippen LogP contribution in [0.15, 0.2) is 60.9 Å².